The summed E-state index contributed by atoms with van der Waals surface area (Å²) < 4.78 is 27.2. The molecule has 1 aromatic heterocycles. The Labute approximate surface area is 125 Å². The van der Waals surface area contributed by atoms with Gasteiger partial charge in [0.1, 0.15) is 4.90 Å². The van der Waals surface area contributed by atoms with Crippen molar-refractivity contribution in [2.45, 2.75) is 18.0 Å². The molecule has 106 valence electrons. The van der Waals surface area contributed by atoms with Gasteiger partial charge in [-0.05, 0) is 33.1 Å². The Kier molecular flexibility index (Phi) is 4.87. The molecule has 7 heteroatoms. The lowest BCUT2D eigenvalue weighted by Crippen LogP contribution is -2.23. The fraction of sp³-hybridized carbons (Fsp3) is 0.154. The fourth-order valence-electron chi connectivity index (χ4n) is 1.56. The van der Waals surface area contributed by atoms with Crippen LogP contribution in [-0.4, -0.2) is 18.5 Å². The zero-order valence-corrected chi connectivity index (χ0v) is 12.9. The quantitative estimate of drug-likeness (QED) is 0.856. The number of hydrogen-bond acceptors (Lipinski definition) is 4. The number of rotatable bonds is 5. The second kappa shape index (κ2) is 6.45. The van der Waals surface area contributed by atoms with Crippen molar-refractivity contribution in [2.75, 3.05) is 0 Å². The Bertz CT molecular complexity index is 687. The Morgan fingerprint density at radius 2 is 1.80 bits per heavy atom. The summed E-state index contributed by atoms with van der Waals surface area (Å²) in [6.45, 7) is 0.149. The molecule has 0 fully saturated rings. The summed E-state index contributed by atoms with van der Waals surface area (Å²) in [7, 11) is -3.59. The van der Waals surface area contributed by atoms with Gasteiger partial charge in [0, 0.05) is 23.4 Å². The van der Waals surface area contributed by atoms with Crippen LogP contribution in [0.15, 0.2) is 52.1 Å². The third-order valence-corrected chi connectivity index (χ3v) is 4.46. The standard InChI is InChI=1S/C13H13BrN2O3S/c14-12-5-13(8-15-7-12)20(18,19)16-6-10-1-3-11(9-17)4-2-10/h1-5,7-8,16-17H,6,9H2. The molecule has 0 atom stereocenters. The maximum absolute atomic E-state index is 12.1. The molecule has 2 N–H and O–H groups in total. The fourth-order valence-corrected chi connectivity index (χ4v) is 3.08. The first-order valence-corrected chi connectivity index (χ1v) is 8.08. The minimum Gasteiger partial charge on any atom is -0.392 e. The molecular weight excluding hydrogens is 344 g/mol. The normalized spacial score (nSPS) is 11.5. The monoisotopic (exact) mass is 356 g/mol. The molecule has 0 aliphatic carbocycles. The van der Waals surface area contributed by atoms with Gasteiger partial charge in [0.15, 0.2) is 0 Å². The number of halogens is 1. The van der Waals surface area contributed by atoms with Crippen LogP contribution in [0.1, 0.15) is 11.1 Å². The molecule has 0 aliphatic heterocycles. The summed E-state index contributed by atoms with van der Waals surface area (Å²) >= 11 is 3.19. The molecule has 0 aliphatic rings. The molecule has 0 amide bonds. The zero-order valence-electron chi connectivity index (χ0n) is 10.5. The van der Waals surface area contributed by atoms with Crippen molar-refractivity contribution in [1.29, 1.82) is 0 Å². The lowest BCUT2D eigenvalue weighted by Gasteiger charge is -2.07. The maximum atomic E-state index is 12.1. The molecular formula is C13H13BrN2O3S. The van der Waals surface area contributed by atoms with Crippen molar-refractivity contribution in [3.8, 4) is 0 Å². The molecule has 5 nitrogen and oxygen atoms in total. The molecule has 1 aromatic carbocycles. The lowest BCUT2D eigenvalue weighted by molar-refractivity contribution is 0.282. The van der Waals surface area contributed by atoms with E-state index in [0.29, 0.717) is 4.47 Å². The summed E-state index contributed by atoms with van der Waals surface area (Å²) in [6, 6.07) is 8.54. The number of aliphatic hydroxyl groups excluding tert-OH is 1. The Morgan fingerprint density at radius 3 is 2.40 bits per heavy atom. The number of benzene rings is 1. The molecule has 0 saturated heterocycles. The lowest BCUT2D eigenvalue weighted by atomic mass is 10.1. The van der Waals surface area contributed by atoms with Crippen molar-refractivity contribution in [3.63, 3.8) is 0 Å². The van der Waals surface area contributed by atoms with Crippen LogP contribution in [0, 0.1) is 0 Å². The highest BCUT2D eigenvalue weighted by Crippen LogP contribution is 2.14. The van der Waals surface area contributed by atoms with Crippen molar-refractivity contribution in [3.05, 3.63) is 58.3 Å². The van der Waals surface area contributed by atoms with E-state index in [9.17, 15) is 8.42 Å². The van der Waals surface area contributed by atoms with E-state index in [2.05, 4.69) is 25.6 Å². The smallest absolute Gasteiger partial charge is 0.242 e. The van der Waals surface area contributed by atoms with Gasteiger partial charge in [0.25, 0.3) is 0 Å². The maximum Gasteiger partial charge on any atom is 0.242 e. The Hall–Kier alpha value is -1.28. The van der Waals surface area contributed by atoms with Gasteiger partial charge >= 0.3 is 0 Å². The predicted molar refractivity (Wildman–Crippen MR) is 78.3 cm³/mol. The van der Waals surface area contributed by atoms with Crippen LogP contribution in [0.2, 0.25) is 0 Å². The molecule has 0 saturated carbocycles. The van der Waals surface area contributed by atoms with Crippen LogP contribution in [0.4, 0.5) is 0 Å². The van der Waals surface area contributed by atoms with Gasteiger partial charge in [-0.25, -0.2) is 13.1 Å². The molecule has 2 aromatic rings. The van der Waals surface area contributed by atoms with Crippen LogP contribution in [-0.2, 0) is 23.2 Å². The number of aromatic nitrogens is 1. The van der Waals surface area contributed by atoms with Gasteiger partial charge in [-0.2, -0.15) is 0 Å². The Balaban J connectivity index is 2.09. The summed E-state index contributed by atoms with van der Waals surface area (Å²) in [5, 5.41) is 8.94. The van der Waals surface area contributed by atoms with Gasteiger partial charge in [0.2, 0.25) is 10.0 Å². The van der Waals surface area contributed by atoms with Crippen molar-refractivity contribution in [2.24, 2.45) is 0 Å². The first-order valence-electron chi connectivity index (χ1n) is 5.80. The van der Waals surface area contributed by atoms with Gasteiger partial charge in [-0.15, -0.1) is 0 Å². The molecule has 0 unspecified atom stereocenters. The number of pyridine rings is 1. The number of aliphatic hydroxyl groups is 1. The average molecular weight is 357 g/mol. The number of hydrogen-bond donors (Lipinski definition) is 2. The SMILES string of the molecule is O=S(=O)(NCc1ccc(CO)cc1)c1cncc(Br)c1. The molecule has 0 bridgehead atoms. The largest absolute Gasteiger partial charge is 0.392 e. The van der Waals surface area contributed by atoms with E-state index in [0.717, 1.165) is 11.1 Å². The second-order valence-electron chi connectivity index (χ2n) is 4.14. The van der Waals surface area contributed by atoms with Crippen LogP contribution in [0.5, 0.6) is 0 Å². The summed E-state index contributed by atoms with van der Waals surface area (Å²) in [5.41, 5.74) is 1.60. The van der Waals surface area contributed by atoms with Gasteiger partial charge in [-0.3, -0.25) is 4.98 Å². The molecule has 0 radical (unpaired) electrons. The summed E-state index contributed by atoms with van der Waals surface area (Å²) in [4.78, 5) is 3.94. The van der Waals surface area contributed by atoms with Crippen LogP contribution in [0.25, 0.3) is 0 Å². The highest BCUT2D eigenvalue weighted by atomic mass is 79.9. The first kappa shape index (κ1) is 15.1. The van der Waals surface area contributed by atoms with Gasteiger partial charge in [-0.1, -0.05) is 24.3 Å². The number of nitrogens with one attached hydrogen (secondary N) is 1. The van der Waals surface area contributed by atoms with E-state index in [1.54, 1.807) is 24.3 Å². The van der Waals surface area contributed by atoms with E-state index in [1.807, 2.05) is 0 Å². The molecule has 0 spiro atoms. The number of sulfonamides is 1. The first-order chi connectivity index (χ1) is 9.51. The van der Waals surface area contributed by atoms with Crippen molar-refractivity contribution >= 4 is 26.0 Å². The second-order valence-corrected chi connectivity index (χ2v) is 6.82. The van der Waals surface area contributed by atoms with Gasteiger partial charge < -0.3 is 5.11 Å². The van der Waals surface area contributed by atoms with E-state index >= 15 is 0 Å². The van der Waals surface area contributed by atoms with Crippen molar-refractivity contribution in [1.82, 2.24) is 9.71 Å². The predicted octanol–water partition coefficient (Wildman–Crippen LogP) is 1.81. The van der Waals surface area contributed by atoms with Crippen LogP contribution < -0.4 is 4.72 Å². The topological polar surface area (TPSA) is 79.3 Å². The Morgan fingerprint density at radius 1 is 1.15 bits per heavy atom. The third kappa shape index (κ3) is 3.86. The summed E-state index contributed by atoms with van der Waals surface area (Å²) in [5.74, 6) is 0. The van der Waals surface area contributed by atoms with Crippen LogP contribution in [0.3, 0.4) is 0 Å². The zero-order chi connectivity index (χ0) is 14.6. The average Bonchev–Trinajstić information content (AvgIpc) is 2.46. The molecule has 20 heavy (non-hydrogen) atoms. The highest BCUT2D eigenvalue weighted by molar-refractivity contribution is 9.10. The minimum atomic E-state index is -3.59. The van der Waals surface area contributed by atoms with Crippen LogP contribution >= 0.6 is 15.9 Å². The van der Waals surface area contributed by atoms with E-state index < -0.39 is 10.0 Å². The summed E-state index contributed by atoms with van der Waals surface area (Å²) in [6.07, 6.45) is 2.81. The highest BCUT2D eigenvalue weighted by Gasteiger charge is 2.14. The molecule has 1 heterocycles. The van der Waals surface area contributed by atoms with E-state index in [-0.39, 0.29) is 18.0 Å². The van der Waals surface area contributed by atoms with Gasteiger partial charge in [0.05, 0.1) is 6.61 Å². The van der Waals surface area contributed by atoms with E-state index in [4.69, 9.17) is 5.11 Å². The van der Waals surface area contributed by atoms with Crippen molar-refractivity contribution < 1.29 is 13.5 Å². The molecule has 2 rings (SSSR count). The number of nitrogens with zero attached hydrogens (tertiary/aromatic N) is 1. The minimum absolute atomic E-state index is 0.0320. The van der Waals surface area contributed by atoms with E-state index in [1.165, 1.54) is 18.5 Å². The third-order valence-electron chi connectivity index (χ3n) is 2.66.